The Kier molecular flexibility index (Phi) is 3.98. The summed E-state index contributed by atoms with van der Waals surface area (Å²) >= 11 is 0. The highest BCUT2D eigenvalue weighted by atomic mass is 19.1. The molecule has 1 amide bonds. The Hall–Kier alpha value is -2.76. The van der Waals surface area contributed by atoms with Crippen LogP contribution in [-0.2, 0) is 0 Å². The van der Waals surface area contributed by atoms with E-state index in [4.69, 9.17) is 5.11 Å². The van der Waals surface area contributed by atoms with E-state index in [9.17, 15) is 18.4 Å². The van der Waals surface area contributed by atoms with E-state index >= 15 is 0 Å². The lowest BCUT2D eigenvalue weighted by Gasteiger charge is -2.09. The number of aromatic carboxylic acids is 1. The van der Waals surface area contributed by atoms with Crippen LogP contribution in [0, 0.1) is 18.6 Å². The van der Waals surface area contributed by atoms with Gasteiger partial charge in [-0.2, -0.15) is 0 Å². The minimum atomic E-state index is -1.43. The largest absolute Gasteiger partial charge is 0.478 e. The fourth-order valence-corrected chi connectivity index (χ4v) is 1.85. The molecule has 0 heterocycles. The van der Waals surface area contributed by atoms with Crippen LogP contribution >= 0.6 is 0 Å². The van der Waals surface area contributed by atoms with Crippen molar-refractivity contribution in [2.24, 2.45) is 0 Å². The Labute approximate surface area is 119 Å². The van der Waals surface area contributed by atoms with Crippen LogP contribution in [0.5, 0.6) is 0 Å². The second kappa shape index (κ2) is 5.70. The topological polar surface area (TPSA) is 66.4 Å². The van der Waals surface area contributed by atoms with Gasteiger partial charge in [-0.05, 0) is 48.9 Å². The molecular weight excluding hydrogens is 280 g/mol. The number of carbonyl (C=O) groups excluding carboxylic acids is 1. The normalized spacial score (nSPS) is 10.2. The van der Waals surface area contributed by atoms with Gasteiger partial charge < -0.3 is 10.4 Å². The van der Waals surface area contributed by atoms with Crippen LogP contribution in [0.4, 0.5) is 14.5 Å². The van der Waals surface area contributed by atoms with Crippen molar-refractivity contribution in [1.82, 2.24) is 0 Å². The summed E-state index contributed by atoms with van der Waals surface area (Å²) in [6.45, 7) is 1.57. The summed E-state index contributed by atoms with van der Waals surface area (Å²) in [4.78, 5) is 22.9. The molecule has 0 atom stereocenters. The lowest BCUT2D eigenvalue weighted by molar-refractivity contribution is 0.0691. The van der Waals surface area contributed by atoms with Gasteiger partial charge in [-0.1, -0.05) is 0 Å². The maximum absolute atomic E-state index is 13.3. The zero-order valence-corrected chi connectivity index (χ0v) is 11.0. The fourth-order valence-electron chi connectivity index (χ4n) is 1.85. The van der Waals surface area contributed by atoms with Gasteiger partial charge in [0.15, 0.2) is 0 Å². The average molecular weight is 291 g/mol. The van der Waals surface area contributed by atoms with Gasteiger partial charge in [0.1, 0.15) is 11.6 Å². The highest BCUT2D eigenvalue weighted by molar-refractivity contribution is 6.05. The van der Waals surface area contributed by atoms with Crippen molar-refractivity contribution in [3.63, 3.8) is 0 Å². The average Bonchev–Trinajstić information content (AvgIpc) is 2.40. The first kappa shape index (κ1) is 14.6. The summed E-state index contributed by atoms with van der Waals surface area (Å²) in [6, 6.07) is 6.91. The Balaban J connectivity index is 2.27. The highest BCUT2D eigenvalue weighted by Crippen LogP contribution is 2.17. The van der Waals surface area contributed by atoms with Crippen molar-refractivity contribution in [2.75, 3.05) is 5.32 Å². The SMILES string of the molecule is Cc1cc(F)ccc1C(=O)Nc1ccc(F)c(C(=O)O)c1. The molecular formula is C15H11F2NO3. The van der Waals surface area contributed by atoms with Gasteiger partial charge in [0.05, 0.1) is 5.56 Å². The van der Waals surface area contributed by atoms with Crippen LogP contribution in [-0.4, -0.2) is 17.0 Å². The molecule has 2 aromatic carbocycles. The number of carbonyl (C=O) groups is 2. The van der Waals surface area contributed by atoms with Crippen LogP contribution in [0.25, 0.3) is 0 Å². The van der Waals surface area contributed by atoms with Gasteiger partial charge in [-0.15, -0.1) is 0 Å². The first-order chi connectivity index (χ1) is 9.88. The lowest BCUT2D eigenvalue weighted by atomic mass is 10.1. The van der Waals surface area contributed by atoms with E-state index in [2.05, 4.69) is 5.32 Å². The zero-order valence-electron chi connectivity index (χ0n) is 11.0. The molecule has 0 spiro atoms. The summed E-state index contributed by atoms with van der Waals surface area (Å²) in [5, 5.41) is 11.3. The van der Waals surface area contributed by atoms with Crippen LogP contribution in [0.3, 0.4) is 0 Å². The number of carboxylic acid groups (broad SMARTS) is 1. The molecule has 0 saturated carbocycles. The van der Waals surface area contributed by atoms with E-state index in [-0.39, 0.29) is 11.3 Å². The van der Waals surface area contributed by atoms with E-state index in [0.717, 1.165) is 18.2 Å². The third kappa shape index (κ3) is 3.22. The summed E-state index contributed by atoms with van der Waals surface area (Å²) in [6.07, 6.45) is 0. The first-order valence-corrected chi connectivity index (χ1v) is 5.99. The molecule has 0 fully saturated rings. The van der Waals surface area contributed by atoms with Gasteiger partial charge in [-0.25, -0.2) is 13.6 Å². The molecule has 0 aliphatic heterocycles. The van der Waals surface area contributed by atoms with Crippen molar-refractivity contribution in [2.45, 2.75) is 6.92 Å². The van der Waals surface area contributed by atoms with E-state index in [1.807, 2.05) is 0 Å². The number of nitrogens with one attached hydrogen (secondary N) is 1. The second-order valence-electron chi connectivity index (χ2n) is 4.41. The van der Waals surface area contributed by atoms with Crippen molar-refractivity contribution in [3.8, 4) is 0 Å². The fraction of sp³-hybridized carbons (Fsp3) is 0.0667. The summed E-state index contributed by atoms with van der Waals surface area (Å²) in [7, 11) is 0. The Morgan fingerprint density at radius 1 is 1.05 bits per heavy atom. The van der Waals surface area contributed by atoms with Crippen LogP contribution in [0.2, 0.25) is 0 Å². The van der Waals surface area contributed by atoms with Crippen LogP contribution < -0.4 is 5.32 Å². The molecule has 0 aliphatic rings. The Bertz CT molecular complexity index is 729. The number of aryl methyl sites for hydroxylation is 1. The lowest BCUT2D eigenvalue weighted by Crippen LogP contribution is -2.14. The molecule has 0 unspecified atom stereocenters. The zero-order chi connectivity index (χ0) is 15.6. The van der Waals surface area contributed by atoms with E-state index in [1.54, 1.807) is 6.92 Å². The minimum absolute atomic E-state index is 0.141. The summed E-state index contributed by atoms with van der Waals surface area (Å²) in [5.74, 6) is -3.31. The van der Waals surface area contributed by atoms with Crippen molar-refractivity contribution >= 4 is 17.6 Å². The van der Waals surface area contributed by atoms with Gasteiger partial charge >= 0.3 is 5.97 Å². The number of anilines is 1. The Morgan fingerprint density at radius 2 is 1.76 bits per heavy atom. The van der Waals surface area contributed by atoms with E-state index in [1.165, 1.54) is 18.2 Å². The monoisotopic (exact) mass is 291 g/mol. The number of carboxylic acids is 1. The molecule has 0 radical (unpaired) electrons. The van der Waals surface area contributed by atoms with Gasteiger partial charge in [0.25, 0.3) is 5.91 Å². The smallest absolute Gasteiger partial charge is 0.338 e. The summed E-state index contributed by atoms with van der Waals surface area (Å²) < 4.78 is 26.2. The molecule has 0 aliphatic carbocycles. The molecule has 4 nitrogen and oxygen atoms in total. The number of rotatable bonds is 3. The standard InChI is InChI=1S/C15H11F2NO3/c1-8-6-9(16)2-4-11(8)14(19)18-10-3-5-13(17)12(7-10)15(20)21/h2-7H,1H3,(H,18,19)(H,20,21). The molecule has 21 heavy (non-hydrogen) atoms. The van der Waals surface area contributed by atoms with E-state index < -0.39 is 29.1 Å². The number of hydrogen-bond acceptors (Lipinski definition) is 2. The molecule has 6 heteroatoms. The quantitative estimate of drug-likeness (QED) is 0.912. The van der Waals surface area contributed by atoms with Crippen molar-refractivity contribution < 1.29 is 23.5 Å². The van der Waals surface area contributed by atoms with Crippen LogP contribution in [0.15, 0.2) is 36.4 Å². The van der Waals surface area contributed by atoms with Crippen LogP contribution in [0.1, 0.15) is 26.3 Å². The summed E-state index contributed by atoms with van der Waals surface area (Å²) in [5.41, 5.74) is 0.289. The number of benzene rings is 2. The molecule has 0 bridgehead atoms. The first-order valence-electron chi connectivity index (χ1n) is 5.99. The third-order valence-corrected chi connectivity index (χ3v) is 2.89. The van der Waals surface area contributed by atoms with Crippen molar-refractivity contribution in [1.29, 1.82) is 0 Å². The third-order valence-electron chi connectivity index (χ3n) is 2.89. The van der Waals surface area contributed by atoms with E-state index in [0.29, 0.717) is 5.56 Å². The second-order valence-corrected chi connectivity index (χ2v) is 4.41. The Morgan fingerprint density at radius 3 is 2.38 bits per heavy atom. The molecule has 0 saturated heterocycles. The molecule has 0 aromatic heterocycles. The number of amides is 1. The number of hydrogen-bond donors (Lipinski definition) is 2. The van der Waals surface area contributed by atoms with Gasteiger partial charge in [0.2, 0.25) is 0 Å². The highest BCUT2D eigenvalue weighted by Gasteiger charge is 2.14. The van der Waals surface area contributed by atoms with Gasteiger partial charge in [-0.3, -0.25) is 4.79 Å². The predicted molar refractivity (Wildman–Crippen MR) is 72.4 cm³/mol. The predicted octanol–water partition coefficient (Wildman–Crippen LogP) is 3.22. The molecule has 108 valence electrons. The van der Waals surface area contributed by atoms with Crippen molar-refractivity contribution in [3.05, 3.63) is 64.7 Å². The number of halogens is 2. The molecule has 2 rings (SSSR count). The minimum Gasteiger partial charge on any atom is -0.478 e. The molecule has 2 aromatic rings. The van der Waals surface area contributed by atoms with Gasteiger partial charge in [0, 0.05) is 11.3 Å². The molecule has 2 N–H and O–H groups in total. The maximum Gasteiger partial charge on any atom is 0.338 e. The maximum atomic E-state index is 13.3.